The molecule has 0 radical (unpaired) electrons. The molecule has 0 spiro atoms. The van der Waals surface area contributed by atoms with Crippen molar-refractivity contribution < 1.29 is 9.90 Å². The molecule has 2 aromatic heterocycles. The number of thiophene rings is 1. The van der Waals surface area contributed by atoms with Crippen molar-refractivity contribution in [2.24, 2.45) is 0 Å². The van der Waals surface area contributed by atoms with Gasteiger partial charge >= 0.3 is 0 Å². The molecule has 6 nitrogen and oxygen atoms in total. The number of Topliss-reactive ketones (excluding diaryl/α,β-unsaturated/α-hetero) is 1. The Morgan fingerprint density at radius 2 is 2.00 bits per heavy atom. The second-order valence-corrected chi connectivity index (χ2v) is 8.48. The first kappa shape index (κ1) is 17.3. The topological polar surface area (TPSA) is 98.0 Å². The number of nitrogens with one attached hydrogen (secondary N) is 3. The number of phenols is 1. The van der Waals surface area contributed by atoms with Gasteiger partial charge in [-0.3, -0.25) is 19.8 Å². The molecule has 3 aromatic rings. The molecule has 1 aromatic carbocycles. The molecule has 0 fully saturated rings. The Bertz CT molecular complexity index is 1180. The van der Waals surface area contributed by atoms with Crippen molar-refractivity contribution in [1.29, 1.82) is 0 Å². The Labute approximate surface area is 168 Å². The van der Waals surface area contributed by atoms with E-state index in [9.17, 15) is 14.7 Å². The van der Waals surface area contributed by atoms with Gasteiger partial charge in [0.25, 0.3) is 5.56 Å². The van der Waals surface area contributed by atoms with Crippen molar-refractivity contribution in [3.8, 4) is 5.75 Å². The molecular formula is C20H16ClN3O3S. The molecule has 4 N–H and O–H groups in total. The zero-order valence-corrected chi connectivity index (χ0v) is 16.2. The van der Waals surface area contributed by atoms with Gasteiger partial charge in [-0.05, 0) is 36.1 Å². The van der Waals surface area contributed by atoms with E-state index >= 15 is 0 Å². The first-order chi connectivity index (χ1) is 13.5. The number of halogens is 1. The fourth-order valence-electron chi connectivity index (χ4n) is 4.21. The van der Waals surface area contributed by atoms with E-state index in [1.807, 2.05) is 17.5 Å². The highest BCUT2D eigenvalue weighted by molar-refractivity contribution is 7.10. The van der Waals surface area contributed by atoms with Crippen LogP contribution in [0, 0.1) is 0 Å². The highest BCUT2D eigenvalue weighted by Gasteiger charge is 2.41. The number of allylic oxidation sites excluding steroid dienone is 2. The Balaban J connectivity index is 1.70. The zero-order chi connectivity index (χ0) is 19.4. The van der Waals surface area contributed by atoms with Gasteiger partial charge in [0.15, 0.2) is 5.78 Å². The maximum atomic E-state index is 13.2. The number of hydrogen-bond acceptors (Lipinski definition) is 5. The third-order valence-electron chi connectivity index (χ3n) is 5.42. The number of rotatable bonds is 2. The first-order valence-corrected chi connectivity index (χ1v) is 10.1. The number of phenolic OH excluding ortho intramolecular Hbond substituents is 1. The maximum absolute atomic E-state index is 13.2. The summed E-state index contributed by atoms with van der Waals surface area (Å²) in [7, 11) is 0. The number of H-pyrrole nitrogens is 2. The normalized spacial score (nSPS) is 21.2. The van der Waals surface area contributed by atoms with Crippen LogP contribution in [-0.2, 0) is 4.79 Å². The van der Waals surface area contributed by atoms with Gasteiger partial charge in [-0.1, -0.05) is 17.7 Å². The summed E-state index contributed by atoms with van der Waals surface area (Å²) in [5.41, 5.74) is 1.83. The molecule has 1 aliphatic carbocycles. The number of carbonyl (C=O) groups is 1. The lowest BCUT2D eigenvalue weighted by Crippen LogP contribution is -2.31. The fourth-order valence-corrected chi connectivity index (χ4v) is 5.22. The zero-order valence-electron chi connectivity index (χ0n) is 14.6. The third kappa shape index (κ3) is 2.62. The smallest absolute Gasteiger partial charge is 0.270 e. The van der Waals surface area contributed by atoms with E-state index in [1.54, 1.807) is 23.5 Å². The minimum Gasteiger partial charge on any atom is -0.508 e. The number of benzene rings is 1. The number of aromatic nitrogens is 2. The molecule has 0 bridgehead atoms. The minimum atomic E-state index is -0.670. The maximum Gasteiger partial charge on any atom is 0.270 e. The summed E-state index contributed by atoms with van der Waals surface area (Å²) >= 11 is 7.80. The monoisotopic (exact) mass is 413 g/mol. The Hall–Kier alpha value is -2.77. The van der Waals surface area contributed by atoms with E-state index in [4.69, 9.17) is 11.6 Å². The second-order valence-electron chi connectivity index (χ2n) is 7.06. The number of aromatic amines is 2. The molecule has 1 aliphatic heterocycles. The summed E-state index contributed by atoms with van der Waals surface area (Å²) in [5.74, 6) is -0.0743. The van der Waals surface area contributed by atoms with Crippen molar-refractivity contribution in [2.45, 2.75) is 24.7 Å². The summed E-state index contributed by atoms with van der Waals surface area (Å²) in [5, 5.41) is 21.6. The predicted molar refractivity (Wildman–Crippen MR) is 108 cm³/mol. The van der Waals surface area contributed by atoms with E-state index < -0.39 is 5.92 Å². The summed E-state index contributed by atoms with van der Waals surface area (Å²) < 4.78 is 0. The van der Waals surface area contributed by atoms with Crippen LogP contribution in [0.25, 0.3) is 0 Å². The minimum absolute atomic E-state index is 0.00267. The summed E-state index contributed by atoms with van der Waals surface area (Å²) in [6, 6.07) is 8.71. The van der Waals surface area contributed by atoms with Crippen LogP contribution in [0.2, 0.25) is 5.02 Å². The highest BCUT2D eigenvalue weighted by Crippen LogP contribution is 2.48. The first-order valence-electron chi connectivity index (χ1n) is 8.88. The van der Waals surface area contributed by atoms with E-state index in [0.717, 1.165) is 10.6 Å². The number of ketones is 1. The number of hydrogen-bond donors (Lipinski definition) is 4. The SMILES string of the molecule is O=C1C[C@@H](c2cccs2)CC2=C1[C@H](c1cc(Cl)ccc1O)c1c([nH][nH]c1=O)N2. The number of anilines is 1. The van der Waals surface area contributed by atoms with Crippen LogP contribution in [0.4, 0.5) is 5.82 Å². The Morgan fingerprint density at radius 3 is 2.79 bits per heavy atom. The third-order valence-corrected chi connectivity index (χ3v) is 6.69. The Kier molecular flexibility index (Phi) is 3.96. The molecule has 0 amide bonds. The molecule has 5 rings (SSSR count). The van der Waals surface area contributed by atoms with Gasteiger partial charge in [0.1, 0.15) is 11.6 Å². The van der Waals surface area contributed by atoms with Gasteiger partial charge in [0.05, 0.1) is 11.5 Å². The summed E-state index contributed by atoms with van der Waals surface area (Å²) in [6.45, 7) is 0. The van der Waals surface area contributed by atoms with E-state index in [-0.39, 0.29) is 23.0 Å². The van der Waals surface area contributed by atoms with Crippen LogP contribution < -0.4 is 10.9 Å². The quantitative estimate of drug-likeness (QED) is 0.508. The lowest BCUT2D eigenvalue weighted by Gasteiger charge is -2.34. The van der Waals surface area contributed by atoms with Crippen LogP contribution in [0.5, 0.6) is 5.75 Å². The number of fused-ring (bicyclic) bond motifs is 1. The molecule has 8 heteroatoms. The average molecular weight is 414 g/mol. The van der Waals surface area contributed by atoms with Crippen molar-refractivity contribution in [3.63, 3.8) is 0 Å². The molecule has 2 atom stereocenters. The van der Waals surface area contributed by atoms with Crippen LogP contribution >= 0.6 is 22.9 Å². The molecular weight excluding hydrogens is 398 g/mol. The van der Waals surface area contributed by atoms with Gasteiger partial charge in [0, 0.05) is 39.1 Å². The van der Waals surface area contributed by atoms with Crippen LogP contribution in [0.3, 0.4) is 0 Å². The fraction of sp³-hybridized carbons (Fsp3) is 0.200. The average Bonchev–Trinajstić information content (AvgIpc) is 3.33. The van der Waals surface area contributed by atoms with Crippen LogP contribution in [-0.4, -0.2) is 21.1 Å². The van der Waals surface area contributed by atoms with Crippen molar-refractivity contribution in [3.05, 3.63) is 78.4 Å². The van der Waals surface area contributed by atoms with E-state index in [2.05, 4.69) is 15.5 Å². The van der Waals surface area contributed by atoms with E-state index in [1.165, 1.54) is 6.07 Å². The van der Waals surface area contributed by atoms with Gasteiger partial charge < -0.3 is 10.4 Å². The molecule has 28 heavy (non-hydrogen) atoms. The number of aromatic hydroxyl groups is 1. The molecule has 142 valence electrons. The number of carbonyl (C=O) groups excluding carboxylic acids is 1. The molecule has 0 saturated carbocycles. The largest absolute Gasteiger partial charge is 0.508 e. The van der Waals surface area contributed by atoms with Crippen LogP contribution in [0.1, 0.15) is 40.7 Å². The van der Waals surface area contributed by atoms with Gasteiger partial charge in [-0.2, -0.15) is 0 Å². The standard InChI is InChI=1S/C20H16ClN3O3S/c21-10-3-4-13(25)11(8-10)16-17-12(22-19-18(16)20(27)24-23-19)6-9(7-14(17)26)15-2-1-5-28-15/h1-5,8-9,16,25H,6-7H2,(H3,22,23,24,27)/t9-,16-/m0/s1. The molecule has 2 aliphatic rings. The van der Waals surface area contributed by atoms with Crippen molar-refractivity contribution in [2.75, 3.05) is 5.32 Å². The molecule has 3 heterocycles. The van der Waals surface area contributed by atoms with Crippen molar-refractivity contribution >= 4 is 34.5 Å². The highest BCUT2D eigenvalue weighted by atomic mass is 35.5. The lowest BCUT2D eigenvalue weighted by molar-refractivity contribution is -0.116. The lowest BCUT2D eigenvalue weighted by atomic mass is 9.73. The van der Waals surface area contributed by atoms with E-state index in [0.29, 0.717) is 40.4 Å². The summed E-state index contributed by atoms with van der Waals surface area (Å²) in [6.07, 6.45) is 1.03. The predicted octanol–water partition coefficient (Wildman–Crippen LogP) is 4.08. The van der Waals surface area contributed by atoms with Gasteiger partial charge in [0.2, 0.25) is 0 Å². The van der Waals surface area contributed by atoms with Gasteiger partial charge in [-0.25, -0.2) is 0 Å². The second kappa shape index (κ2) is 6.39. The molecule has 0 unspecified atom stereocenters. The Morgan fingerprint density at radius 1 is 1.14 bits per heavy atom. The van der Waals surface area contributed by atoms with Crippen LogP contribution in [0.15, 0.2) is 51.8 Å². The molecule has 0 saturated heterocycles. The summed E-state index contributed by atoms with van der Waals surface area (Å²) in [4.78, 5) is 26.9. The van der Waals surface area contributed by atoms with Gasteiger partial charge in [-0.15, -0.1) is 11.3 Å². The van der Waals surface area contributed by atoms with Crippen molar-refractivity contribution in [1.82, 2.24) is 10.2 Å².